The molecule has 2 heterocycles. The Morgan fingerprint density at radius 1 is 1.16 bits per heavy atom. The number of hydrogen-bond donors (Lipinski definition) is 2. The highest BCUT2D eigenvalue weighted by Gasteiger charge is 2.36. The fourth-order valence-corrected chi connectivity index (χ4v) is 3.78. The summed E-state index contributed by atoms with van der Waals surface area (Å²) >= 11 is 0. The fraction of sp³-hybridized carbons (Fsp3) is 0.625. The van der Waals surface area contributed by atoms with Gasteiger partial charge in [-0.15, -0.1) is 0 Å². The average Bonchev–Trinajstić information content (AvgIpc) is 2.45. The maximum atomic E-state index is 5.98. The summed E-state index contributed by atoms with van der Waals surface area (Å²) in [6.07, 6.45) is 6.89. The molecule has 2 aliphatic rings. The summed E-state index contributed by atoms with van der Waals surface area (Å²) in [5.41, 5.74) is 6.57. The number of hydrogen-bond acceptors (Lipinski definition) is 2. The molecule has 0 amide bonds. The van der Waals surface area contributed by atoms with Crippen molar-refractivity contribution in [1.82, 2.24) is 0 Å². The molecule has 0 bridgehead atoms. The molecule has 2 saturated heterocycles. The Kier molecular flexibility index (Phi) is 3.92. The predicted molar refractivity (Wildman–Crippen MR) is 77.4 cm³/mol. The molecule has 0 saturated carbocycles. The smallest absolute Gasteiger partial charge is 0.121 e. The van der Waals surface area contributed by atoms with Crippen molar-refractivity contribution < 1.29 is 9.64 Å². The number of piperidine rings is 2. The quantitative estimate of drug-likeness (QED) is 0.809. The molecule has 3 heteroatoms. The van der Waals surface area contributed by atoms with Gasteiger partial charge in [-0.3, -0.25) is 0 Å². The third-order valence-electron chi connectivity index (χ3n) is 4.75. The lowest BCUT2D eigenvalue weighted by atomic mass is 9.84. The van der Waals surface area contributed by atoms with Gasteiger partial charge in [-0.1, -0.05) is 6.07 Å². The van der Waals surface area contributed by atoms with E-state index in [1.54, 1.807) is 0 Å². The standard InChI is InChI=1S/C16H24N2O/c17-14-6-3-7-15(11-14)19-12-13-5-4-10-18-9-2-1-8-16(13)18/h3,6-7,11,13,16H,1-2,4-5,8-10,12,17H2/p+1/t13-,16-/m1/s1. The largest absolute Gasteiger partial charge is 0.493 e. The molecule has 3 nitrogen and oxygen atoms in total. The predicted octanol–water partition coefficient (Wildman–Crippen LogP) is 1.49. The van der Waals surface area contributed by atoms with E-state index in [1.807, 2.05) is 29.2 Å². The summed E-state index contributed by atoms with van der Waals surface area (Å²) in [7, 11) is 0. The van der Waals surface area contributed by atoms with E-state index in [-0.39, 0.29) is 0 Å². The highest BCUT2D eigenvalue weighted by molar-refractivity contribution is 5.43. The van der Waals surface area contributed by atoms with E-state index in [1.165, 1.54) is 45.2 Å². The second-order valence-electron chi connectivity index (χ2n) is 6.05. The summed E-state index contributed by atoms with van der Waals surface area (Å²) in [5.74, 6) is 1.65. The fourth-order valence-electron chi connectivity index (χ4n) is 3.78. The van der Waals surface area contributed by atoms with Crippen LogP contribution in [0.25, 0.3) is 0 Å². The van der Waals surface area contributed by atoms with Crippen LogP contribution in [0.3, 0.4) is 0 Å². The van der Waals surface area contributed by atoms with E-state index in [9.17, 15) is 0 Å². The first-order valence-electron chi connectivity index (χ1n) is 7.66. The minimum atomic E-state index is 0.727. The van der Waals surface area contributed by atoms with Crippen LogP contribution in [0.4, 0.5) is 5.69 Å². The van der Waals surface area contributed by atoms with Gasteiger partial charge in [0.2, 0.25) is 0 Å². The first-order chi connectivity index (χ1) is 9.33. The molecule has 3 atom stereocenters. The van der Waals surface area contributed by atoms with Crippen LogP contribution < -0.4 is 15.4 Å². The average molecular weight is 261 g/mol. The van der Waals surface area contributed by atoms with E-state index in [0.717, 1.165) is 30.0 Å². The van der Waals surface area contributed by atoms with Crippen LogP contribution in [0.15, 0.2) is 24.3 Å². The first-order valence-corrected chi connectivity index (χ1v) is 7.66. The third-order valence-corrected chi connectivity index (χ3v) is 4.75. The lowest BCUT2D eigenvalue weighted by molar-refractivity contribution is -0.940. The Balaban J connectivity index is 1.59. The molecule has 3 N–H and O–H groups in total. The Morgan fingerprint density at radius 2 is 2.05 bits per heavy atom. The van der Waals surface area contributed by atoms with E-state index in [4.69, 9.17) is 10.5 Å². The molecule has 19 heavy (non-hydrogen) atoms. The number of nitrogens with one attached hydrogen (secondary N) is 1. The molecule has 1 aromatic carbocycles. The molecular formula is C16H25N2O+. The van der Waals surface area contributed by atoms with E-state index >= 15 is 0 Å². The lowest BCUT2D eigenvalue weighted by Gasteiger charge is -2.41. The number of quaternary nitrogens is 1. The van der Waals surface area contributed by atoms with Gasteiger partial charge in [-0.25, -0.2) is 0 Å². The number of anilines is 1. The SMILES string of the molecule is Nc1cccc(OC[C@H]2CCC[NH+]3CCCC[C@H]23)c1. The molecule has 2 fully saturated rings. The summed E-state index contributed by atoms with van der Waals surface area (Å²) in [5, 5.41) is 0. The molecule has 3 rings (SSSR count). The molecule has 104 valence electrons. The maximum absolute atomic E-state index is 5.98. The van der Waals surface area contributed by atoms with Crippen molar-refractivity contribution in [3.8, 4) is 5.75 Å². The summed E-state index contributed by atoms with van der Waals surface area (Å²) in [6, 6.07) is 8.63. The summed E-state index contributed by atoms with van der Waals surface area (Å²) < 4.78 is 5.98. The van der Waals surface area contributed by atoms with Crippen LogP contribution in [0.1, 0.15) is 32.1 Å². The first kappa shape index (κ1) is 12.8. The Morgan fingerprint density at radius 3 is 2.95 bits per heavy atom. The van der Waals surface area contributed by atoms with Gasteiger partial charge in [0.25, 0.3) is 0 Å². The number of benzene rings is 1. The maximum Gasteiger partial charge on any atom is 0.121 e. The highest BCUT2D eigenvalue weighted by Crippen LogP contribution is 2.22. The molecular weight excluding hydrogens is 236 g/mol. The van der Waals surface area contributed by atoms with Gasteiger partial charge in [0.1, 0.15) is 5.75 Å². The Bertz CT molecular complexity index is 419. The normalized spacial score (nSPS) is 30.6. The van der Waals surface area contributed by atoms with Gasteiger partial charge in [0.05, 0.1) is 25.7 Å². The van der Waals surface area contributed by atoms with Gasteiger partial charge in [-0.2, -0.15) is 0 Å². The van der Waals surface area contributed by atoms with Crippen LogP contribution in [0.5, 0.6) is 5.75 Å². The van der Waals surface area contributed by atoms with Gasteiger partial charge < -0.3 is 15.4 Å². The van der Waals surface area contributed by atoms with Gasteiger partial charge in [0.15, 0.2) is 0 Å². The van der Waals surface area contributed by atoms with E-state index in [0.29, 0.717) is 0 Å². The van der Waals surface area contributed by atoms with Crippen LogP contribution in [0, 0.1) is 5.92 Å². The number of nitrogens with two attached hydrogens (primary N) is 1. The van der Waals surface area contributed by atoms with Crippen molar-refractivity contribution in [2.75, 3.05) is 25.4 Å². The summed E-state index contributed by atoms with van der Waals surface area (Å²) in [4.78, 5) is 1.83. The molecule has 0 aliphatic carbocycles. The third kappa shape index (κ3) is 3.03. The molecule has 1 aromatic rings. The zero-order chi connectivity index (χ0) is 13.1. The zero-order valence-electron chi connectivity index (χ0n) is 11.6. The number of fused-ring (bicyclic) bond motifs is 1. The molecule has 0 spiro atoms. The highest BCUT2D eigenvalue weighted by atomic mass is 16.5. The van der Waals surface area contributed by atoms with E-state index in [2.05, 4.69) is 0 Å². The van der Waals surface area contributed by atoms with Gasteiger partial charge >= 0.3 is 0 Å². The van der Waals surface area contributed by atoms with Crippen molar-refractivity contribution in [3.05, 3.63) is 24.3 Å². The van der Waals surface area contributed by atoms with Gasteiger partial charge in [0, 0.05) is 17.7 Å². The monoisotopic (exact) mass is 261 g/mol. The molecule has 1 unspecified atom stereocenters. The molecule has 0 radical (unpaired) electrons. The topological polar surface area (TPSA) is 39.7 Å². The van der Waals surface area contributed by atoms with Crippen molar-refractivity contribution in [3.63, 3.8) is 0 Å². The van der Waals surface area contributed by atoms with Crippen molar-refractivity contribution >= 4 is 5.69 Å². The number of nitrogen functional groups attached to an aromatic ring is 1. The zero-order valence-corrected chi connectivity index (χ0v) is 11.6. The molecule has 2 aliphatic heterocycles. The van der Waals surface area contributed by atoms with Gasteiger partial charge in [-0.05, 0) is 44.2 Å². The number of ether oxygens (including phenoxy) is 1. The minimum Gasteiger partial charge on any atom is -0.493 e. The second-order valence-corrected chi connectivity index (χ2v) is 6.05. The van der Waals surface area contributed by atoms with Crippen molar-refractivity contribution in [2.45, 2.75) is 38.1 Å². The lowest BCUT2D eigenvalue weighted by Crippen LogP contribution is -3.18. The Labute approximate surface area is 115 Å². The van der Waals surface area contributed by atoms with Crippen molar-refractivity contribution in [2.24, 2.45) is 5.92 Å². The second kappa shape index (κ2) is 5.83. The van der Waals surface area contributed by atoms with Crippen LogP contribution in [-0.4, -0.2) is 25.7 Å². The minimum absolute atomic E-state index is 0.727. The number of rotatable bonds is 3. The van der Waals surface area contributed by atoms with Crippen LogP contribution in [0.2, 0.25) is 0 Å². The van der Waals surface area contributed by atoms with E-state index < -0.39 is 0 Å². The summed E-state index contributed by atoms with van der Waals surface area (Å²) in [6.45, 7) is 3.61. The van der Waals surface area contributed by atoms with Crippen LogP contribution in [-0.2, 0) is 0 Å². The molecule has 0 aromatic heterocycles. The van der Waals surface area contributed by atoms with Crippen LogP contribution >= 0.6 is 0 Å². The van der Waals surface area contributed by atoms with Crippen molar-refractivity contribution in [1.29, 1.82) is 0 Å². The Hall–Kier alpha value is -1.22.